The van der Waals surface area contributed by atoms with Gasteiger partial charge in [0.25, 0.3) is 0 Å². The van der Waals surface area contributed by atoms with Crippen LogP contribution in [0.25, 0.3) is 0 Å². The van der Waals surface area contributed by atoms with Crippen LogP contribution in [0.4, 0.5) is 0 Å². The number of ether oxygens (including phenoxy) is 2. The monoisotopic (exact) mass is 386 g/mol. The van der Waals surface area contributed by atoms with Crippen molar-refractivity contribution < 1.29 is 14.3 Å². The van der Waals surface area contributed by atoms with Crippen LogP contribution in [-0.4, -0.2) is 19.0 Å². The molecule has 2 aromatic rings. The Balaban J connectivity index is 2.26. The number of allylic oxidation sites excluding steroid dienone is 2. The van der Waals surface area contributed by atoms with E-state index in [9.17, 15) is 4.79 Å². The summed E-state index contributed by atoms with van der Waals surface area (Å²) < 4.78 is 12.1. The van der Waals surface area contributed by atoms with Gasteiger partial charge in [-0.15, -0.1) is 6.42 Å². The van der Waals surface area contributed by atoms with E-state index in [2.05, 4.69) is 18.1 Å². The third kappa shape index (κ3) is 4.12. The van der Waals surface area contributed by atoms with Crippen LogP contribution in [0.1, 0.15) is 30.9 Å². The highest BCUT2D eigenvalue weighted by Crippen LogP contribution is 2.52. The molecule has 3 nitrogen and oxygen atoms in total. The van der Waals surface area contributed by atoms with E-state index in [1.165, 1.54) is 0 Å². The summed E-state index contributed by atoms with van der Waals surface area (Å²) in [5.74, 6) is 3.59. The maximum absolute atomic E-state index is 12.5. The van der Waals surface area contributed by atoms with Gasteiger partial charge >= 0.3 is 0 Å². The van der Waals surface area contributed by atoms with Gasteiger partial charge in [0.15, 0.2) is 5.78 Å². The molecule has 0 radical (unpaired) electrons. The second-order valence-corrected chi connectivity index (χ2v) is 6.93. The molecule has 0 aliphatic heterocycles. The smallest absolute Gasteiger partial charge is 0.185 e. The Hall–Kier alpha value is -3.25. The second-order valence-electron chi connectivity index (χ2n) is 6.93. The van der Waals surface area contributed by atoms with Crippen molar-refractivity contribution in [2.24, 2.45) is 5.41 Å². The normalized spacial score (nSPS) is 16.2. The first kappa shape index (κ1) is 20.5. The van der Waals surface area contributed by atoms with Crippen molar-refractivity contribution in [2.45, 2.75) is 26.2 Å². The molecule has 148 valence electrons. The summed E-state index contributed by atoms with van der Waals surface area (Å²) in [6, 6.07) is 20.0. The molecule has 0 amide bonds. The van der Waals surface area contributed by atoms with E-state index in [-0.39, 0.29) is 11.7 Å². The average Bonchev–Trinajstić information content (AvgIpc) is 2.74. The predicted octanol–water partition coefficient (Wildman–Crippen LogP) is 5.06. The number of hydrogen-bond acceptors (Lipinski definition) is 3. The van der Waals surface area contributed by atoms with Gasteiger partial charge in [0.05, 0.1) is 19.1 Å². The zero-order valence-electron chi connectivity index (χ0n) is 16.9. The number of carbonyl (C=O) groups excluding carboxylic acids is 1. The summed E-state index contributed by atoms with van der Waals surface area (Å²) in [4.78, 5) is 12.5. The first-order valence-electron chi connectivity index (χ1n) is 9.94. The maximum Gasteiger partial charge on any atom is 0.185 e. The molecule has 0 aromatic heterocycles. The highest BCUT2D eigenvalue weighted by Gasteiger charge is 2.50. The third-order valence-corrected chi connectivity index (χ3v) is 5.14. The van der Waals surface area contributed by atoms with Gasteiger partial charge in [0, 0.05) is 12.2 Å². The van der Waals surface area contributed by atoms with Crippen LogP contribution in [0.2, 0.25) is 0 Å². The van der Waals surface area contributed by atoms with Crippen LogP contribution in [-0.2, 0) is 20.7 Å². The quantitative estimate of drug-likeness (QED) is 0.595. The van der Waals surface area contributed by atoms with Gasteiger partial charge in [-0.3, -0.25) is 4.79 Å². The Morgan fingerprint density at radius 3 is 1.90 bits per heavy atom. The largest absolute Gasteiger partial charge is 0.497 e. The molecule has 29 heavy (non-hydrogen) atoms. The highest BCUT2D eigenvalue weighted by atomic mass is 16.5. The molecule has 0 saturated carbocycles. The number of carbonyl (C=O) groups is 1. The van der Waals surface area contributed by atoms with Crippen molar-refractivity contribution in [3.8, 4) is 12.3 Å². The molecule has 0 N–H and O–H groups in total. The first-order valence-corrected chi connectivity index (χ1v) is 9.94. The van der Waals surface area contributed by atoms with Crippen molar-refractivity contribution in [3.05, 3.63) is 95.5 Å². The lowest BCUT2D eigenvalue weighted by Gasteiger charge is -2.42. The van der Waals surface area contributed by atoms with Gasteiger partial charge in [-0.25, -0.2) is 0 Å². The van der Waals surface area contributed by atoms with E-state index in [1.54, 1.807) is 12.2 Å². The number of rotatable bonds is 8. The van der Waals surface area contributed by atoms with E-state index < -0.39 is 5.41 Å². The van der Waals surface area contributed by atoms with Crippen LogP contribution in [0.3, 0.4) is 0 Å². The standard InChI is InChI=1S/C26H26O3/c1-4-23(21-15-11-8-12-16-21)26(19-20-13-9-7-10-14-20)24(28-5-2)17-22(27)18-25(26)29-6-3/h1,7-18,23H,5-6,19H2,2-3H3/t23-/m0/s1. The summed E-state index contributed by atoms with van der Waals surface area (Å²) in [7, 11) is 0. The molecule has 0 unspecified atom stereocenters. The number of benzene rings is 2. The minimum absolute atomic E-state index is 0.149. The molecule has 0 fully saturated rings. The number of ketones is 1. The summed E-state index contributed by atoms with van der Waals surface area (Å²) >= 11 is 0. The van der Waals surface area contributed by atoms with Gasteiger partial charge in [-0.2, -0.15) is 0 Å². The lowest BCUT2D eigenvalue weighted by molar-refractivity contribution is -0.111. The maximum atomic E-state index is 12.5. The Morgan fingerprint density at radius 2 is 1.41 bits per heavy atom. The van der Waals surface area contributed by atoms with Crippen molar-refractivity contribution in [1.82, 2.24) is 0 Å². The van der Waals surface area contributed by atoms with E-state index >= 15 is 0 Å². The van der Waals surface area contributed by atoms with E-state index in [0.29, 0.717) is 31.2 Å². The van der Waals surface area contributed by atoms with Gasteiger partial charge in [-0.05, 0) is 31.4 Å². The molecule has 3 rings (SSSR count). The molecule has 0 bridgehead atoms. The molecule has 0 spiro atoms. The average molecular weight is 386 g/mol. The summed E-state index contributed by atoms with van der Waals surface area (Å²) in [6.07, 6.45) is 9.80. The van der Waals surface area contributed by atoms with Crippen LogP contribution >= 0.6 is 0 Å². The minimum Gasteiger partial charge on any atom is -0.497 e. The molecule has 3 heteroatoms. The molecular formula is C26H26O3. The molecule has 1 atom stereocenters. The molecule has 2 aromatic carbocycles. The van der Waals surface area contributed by atoms with Gasteiger partial charge < -0.3 is 9.47 Å². The fraction of sp³-hybridized carbons (Fsp3) is 0.269. The number of hydrogen-bond donors (Lipinski definition) is 0. The molecule has 0 heterocycles. The van der Waals surface area contributed by atoms with Crippen LogP contribution in [0.5, 0.6) is 0 Å². The Bertz CT molecular complexity index is 907. The van der Waals surface area contributed by atoms with Crippen molar-refractivity contribution in [1.29, 1.82) is 0 Å². The van der Waals surface area contributed by atoms with E-state index in [0.717, 1.165) is 11.1 Å². The number of terminal acetylenes is 1. The Labute approximate surface area is 173 Å². The van der Waals surface area contributed by atoms with Gasteiger partial charge in [0.2, 0.25) is 0 Å². The minimum atomic E-state index is -0.808. The van der Waals surface area contributed by atoms with Crippen LogP contribution in [0.15, 0.2) is 84.3 Å². The van der Waals surface area contributed by atoms with Gasteiger partial charge in [0.1, 0.15) is 16.9 Å². The zero-order chi connectivity index (χ0) is 20.7. The fourth-order valence-corrected chi connectivity index (χ4v) is 3.98. The zero-order valence-corrected chi connectivity index (χ0v) is 16.9. The van der Waals surface area contributed by atoms with Crippen LogP contribution in [0, 0.1) is 17.8 Å². The summed E-state index contributed by atoms with van der Waals surface area (Å²) in [6.45, 7) is 4.68. The van der Waals surface area contributed by atoms with Crippen molar-refractivity contribution >= 4 is 5.78 Å². The molecule has 1 aliphatic rings. The van der Waals surface area contributed by atoms with E-state index in [4.69, 9.17) is 15.9 Å². The molecule has 1 aliphatic carbocycles. The molecular weight excluding hydrogens is 360 g/mol. The topological polar surface area (TPSA) is 35.5 Å². The Kier molecular flexibility index (Phi) is 6.57. The predicted molar refractivity (Wildman–Crippen MR) is 115 cm³/mol. The van der Waals surface area contributed by atoms with Gasteiger partial charge in [-0.1, -0.05) is 66.6 Å². The summed E-state index contributed by atoms with van der Waals surface area (Å²) in [5.41, 5.74) is 1.27. The Morgan fingerprint density at radius 1 is 0.897 bits per heavy atom. The second kappa shape index (κ2) is 9.30. The fourth-order valence-electron chi connectivity index (χ4n) is 3.98. The SMILES string of the molecule is C#C[C@@H](c1ccccc1)C1(Cc2ccccc2)C(OCC)=CC(=O)C=C1OCC. The lowest BCUT2D eigenvalue weighted by atomic mass is 9.64. The highest BCUT2D eigenvalue weighted by molar-refractivity contribution is 6.01. The third-order valence-electron chi connectivity index (χ3n) is 5.14. The van der Waals surface area contributed by atoms with Crippen molar-refractivity contribution in [2.75, 3.05) is 13.2 Å². The summed E-state index contributed by atoms with van der Waals surface area (Å²) in [5, 5.41) is 0. The molecule has 0 saturated heterocycles. The van der Waals surface area contributed by atoms with Crippen molar-refractivity contribution in [3.63, 3.8) is 0 Å². The van der Waals surface area contributed by atoms with Crippen LogP contribution < -0.4 is 0 Å². The van der Waals surface area contributed by atoms with E-state index in [1.807, 2.05) is 62.4 Å². The first-order chi connectivity index (χ1) is 14.2. The lowest BCUT2D eigenvalue weighted by Crippen LogP contribution is -2.40.